The van der Waals surface area contributed by atoms with Crippen molar-refractivity contribution >= 4 is 28.3 Å². The molecule has 1 heterocycles. The number of benzene rings is 2. The number of hydrogen-bond donors (Lipinski definition) is 0. The molecular weight excluding hydrogens is 298 g/mol. The van der Waals surface area contributed by atoms with Gasteiger partial charge in [0.1, 0.15) is 11.8 Å². The van der Waals surface area contributed by atoms with Gasteiger partial charge in [-0.3, -0.25) is 0 Å². The van der Waals surface area contributed by atoms with Crippen LogP contribution in [0.5, 0.6) is 0 Å². The topological polar surface area (TPSA) is 39.2 Å². The second-order valence-corrected chi connectivity index (χ2v) is 5.39. The van der Waals surface area contributed by atoms with Gasteiger partial charge in [0.05, 0.1) is 0 Å². The molecule has 0 spiro atoms. The minimum Gasteiger partial charge on any atom is -0.453 e. The Kier molecular flexibility index (Phi) is 4.07. The highest BCUT2D eigenvalue weighted by Crippen LogP contribution is 2.26. The number of nitrogens with zero attached hydrogens (tertiary/aromatic N) is 1. The summed E-state index contributed by atoms with van der Waals surface area (Å²) in [7, 11) is 0. The molecule has 0 fully saturated rings. The van der Waals surface area contributed by atoms with Crippen molar-refractivity contribution in [3.8, 4) is 0 Å². The van der Waals surface area contributed by atoms with Crippen LogP contribution in [0.4, 0.5) is 0 Å². The first-order valence-corrected chi connectivity index (χ1v) is 7.33. The molecule has 3 aromatic rings. The maximum atomic E-state index is 12.3. The molecule has 3 rings (SSSR count). The van der Waals surface area contributed by atoms with Crippen LogP contribution in [0.15, 0.2) is 60.8 Å². The highest BCUT2D eigenvalue weighted by atomic mass is 35.5. The molecular formula is C18H14ClNO2. The van der Waals surface area contributed by atoms with Crippen LogP contribution in [0.1, 0.15) is 29.1 Å². The molecule has 22 heavy (non-hydrogen) atoms. The highest BCUT2D eigenvalue weighted by Gasteiger charge is 2.17. The summed E-state index contributed by atoms with van der Waals surface area (Å²) in [6, 6.07) is 16.8. The first-order valence-electron chi connectivity index (χ1n) is 6.95. The molecule has 0 radical (unpaired) electrons. The molecule has 0 N–H and O–H groups in total. The number of ether oxygens (including phenoxy) is 1. The number of carbonyl (C=O) groups is 1. The van der Waals surface area contributed by atoms with E-state index in [0.717, 1.165) is 16.3 Å². The fraction of sp³-hybridized carbons (Fsp3) is 0.111. The number of esters is 1. The van der Waals surface area contributed by atoms with Crippen molar-refractivity contribution in [3.05, 3.63) is 77.1 Å². The van der Waals surface area contributed by atoms with Crippen molar-refractivity contribution in [2.45, 2.75) is 13.0 Å². The molecule has 0 saturated heterocycles. The summed E-state index contributed by atoms with van der Waals surface area (Å²) in [5.74, 6) is -0.460. The quantitative estimate of drug-likeness (QED) is 0.652. The third-order valence-electron chi connectivity index (χ3n) is 3.47. The first-order chi connectivity index (χ1) is 10.6. The largest absolute Gasteiger partial charge is 0.453 e. The van der Waals surface area contributed by atoms with E-state index in [1.807, 2.05) is 42.5 Å². The van der Waals surface area contributed by atoms with E-state index in [0.29, 0.717) is 5.02 Å². The number of carbonyl (C=O) groups excluding carboxylic acids is 1. The zero-order chi connectivity index (χ0) is 15.5. The lowest BCUT2D eigenvalue weighted by Gasteiger charge is -2.14. The Morgan fingerprint density at radius 1 is 1.09 bits per heavy atom. The molecule has 2 aromatic carbocycles. The third-order valence-corrected chi connectivity index (χ3v) is 3.81. The Bertz CT molecular complexity index is 832. The molecule has 0 aliphatic heterocycles. The zero-order valence-electron chi connectivity index (χ0n) is 12.0. The summed E-state index contributed by atoms with van der Waals surface area (Å²) < 4.78 is 5.47. The van der Waals surface area contributed by atoms with E-state index in [1.54, 1.807) is 25.3 Å². The van der Waals surface area contributed by atoms with Gasteiger partial charge in [-0.2, -0.15) is 0 Å². The molecule has 0 amide bonds. The van der Waals surface area contributed by atoms with Gasteiger partial charge in [0.25, 0.3) is 0 Å². The molecule has 1 unspecified atom stereocenters. The maximum Gasteiger partial charge on any atom is 0.357 e. The van der Waals surface area contributed by atoms with Crippen molar-refractivity contribution < 1.29 is 9.53 Å². The Balaban J connectivity index is 1.82. The van der Waals surface area contributed by atoms with E-state index < -0.39 is 12.1 Å². The van der Waals surface area contributed by atoms with E-state index in [-0.39, 0.29) is 5.69 Å². The molecule has 1 aromatic heterocycles. The first kappa shape index (κ1) is 14.5. The lowest BCUT2D eigenvalue weighted by Crippen LogP contribution is -2.11. The van der Waals surface area contributed by atoms with Gasteiger partial charge < -0.3 is 4.74 Å². The van der Waals surface area contributed by atoms with Crippen LogP contribution < -0.4 is 0 Å². The van der Waals surface area contributed by atoms with Crippen LogP contribution in [-0.4, -0.2) is 11.0 Å². The average molecular weight is 312 g/mol. The number of hydrogen-bond acceptors (Lipinski definition) is 3. The summed E-state index contributed by atoms with van der Waals surface area (Å²) in [6.07, 6.45) is 1.24. The fourth-order valence-corrected chi connectivity index (χ4v) is 2.57. The summed E-state index contributed by atoms with van der Waals surface area (Å²) in [5.41, 5.74) is 1.07. The molecule has 1 atom stereocenters. The zero-order valence-corrected chi connectivity index (χ0v) is 12.7. The summed E-state index contributed by atoms with van der Waals surface area (Å²) in [4.78, 5) is 16.4. The van der Waals surface area contributed by atoms with Crippen LogP contribution >= 0.6 is 11.6 Å². The van der Waals surface area contributed by atoms with Crippen molar-refractivity contribution in [2.24, 2.45) is 0 Å². The number of rotatable bonds is 3. The van der Waals surface area contributed by atoms with Gasteiger partial charge in [-0.1, -0.05) is 54.1 Å². The van der Waals surface area contributed by atoms with Gasteiger partial charge in [-0.05, 0) is 24.4 Å². The van der Waals surface area contributed by atoms with Gasteiger partial charge in [0.2, 0.25) is 0 Å². The van der Waals surface area contributed by atoms with E-state index >= 15 is 0 Å². The number of aromatic nitrogens is 1. The second kappa shape index (κ2) is 6.16. The molecule has 0 aliphatic rings. The molecule has 4 heteroatoms. The SMILES string of the molecule is CC(OC(=O)c1cc2ccccc2cn1)c1ccccc1Cl. The molecule has 0 aliphatic carbocycles. The maximum absolute atomic E-state index is 12.3. The van der Waals surface area contributed by atoms with E-state index in [2.05, 4.69) is 4.98 Å². The van der Waals surface area contributed by atoms with Crippen molar-refractivity contribution in [3.63, 3.8) is 0 Å². The summed E-state index contributed by atoms with van der Waals surface area (Å²) in [6.45, 7) is 1.79. The van der Waals surface area contributed by atoms with Gasteiger partial charge in [0, 0.05) is 22.2 Å². The minimum atomic E-state index is -0.460. The van der Waals surface area contributed by atoms with Gasteiger partial charge in [-0.25, -0.2) is 9.78 Å². The Morgan fingerprint density at radius 2 is 1.77 bits per heavy atom. The Hall–Kier alpha value is -2.39. The van der Waals surface area contributed by atoms with Crippen molar-refractivity contribution in [2.75, 3.05) is 0 Å². The molecule has 110 valence electrons. The Labute approximate surface area is 133 Å². The standard InChI is InChI=1S/C18H14ClNO2/c1-12(15-8-4-5-9-16(15)19)22-18(21)17-10-13-6-2-3-7-14(13)11-20-17/h2-12H,1H3. The predicted octanol–water partition coefficient (Wildman–Crippen LogP) is 4.81. The van der Waals surface area contributed by atoms with Crippen LogP contribution in [0.3, 0.4) is 0 Å². The van der Waals surface area contributed by atoms with E-state index in [9.17, 15) is 4.79 Å². The van der Waals surface area contributed by atoms with Gasteiger partial charge >= 0.3 is 5.97 Å². The number of halogens is 1. The smallest absolute Gasteiger partial charge is 0.357 e. The van der Waals surface area contributed by atoms with Crippen LogP contribution in [0, 0.1) is 0 Å². The average Bonchev–Trinajstić information content (AvgIpc) is 2.54. The highest BCUT2D eigenvalue weighted by molar-refractivity contribution is 6.31. The fourth-order valence-electron chi connectivity index (χ4n) is 2.28. The number of pyridine rings is 1. The van der Waals surface area contributed by atoms with Crippen molar-refractivity contribution in [1.82, 2.24) is 4.98 Å². The summed E-state index contributed by atoms with van der Waals surface area (Å²) in [5, 5.41) is 2.52. The Morgan fingerprint density at radius 3 is 2.55 bits per heavy atom. The predicted molar refractivity (Wildman–Crippen MR) is 87.0 cm³/mol. The van der Waals surface area contributed by atoms with Crippen LogP contribution in [-0.2, 0) is 4.74 Å². The lowest BCUT2D eigenvalue weighted by atomic mass is 10.1. The second-order valence-electron chi connectivity index (χ2n) is 4.99. The van der Waals surface area contributed by atoms with Gasteiger partial charge in [-0.15, -0.1) is 0 Å². The lowest BCUT2D eigenvalue weighted by molar-refractivity contribution is 0.0331. The van der Waals surface area contributed by atoms with Gasteiger partial charge in [0.15, 0.2) is 0 Å². The van der Waals surface area contributed by atoms with Crippen LogP contribution in [0.25, 0.3) is 10.8 Å². The molecule has 0 bridgehead atoms. The van der Waals surface area contributed by atoms with Crippen molar-refractivity contribution in [1.29, 1.82) is 0 Å². The molecule has 3 nitrogen and oxygen atoms in total. The number of fused-ring (bicyclic) bond motifs is 1. The normalized spacial score (nSPS) is 12.1. The van der Waals surface area contributed by atoms with Crippen LogP contribution in [0.2, 0.25) is 5.02 Å². The third kappa shape index (κ3) is 2.95. The monoisotopic (exact) mass is 311 g/mol. The molecule has 0 saturated carbocycles. The minimum absolute atomic E-state index is 0.289. The van der Waals surface area contributed by atoms with E-state index in [1.165, 1.54) is 0 Å². The van der Waals surface area contributed by atoms with E-state index in [4.69, 9.17) is 16.3 Å². The summed E-state index contributed by atoms with van der Waals surface area (Å²) >= 11 is 6.12.